The number of ether oxygens (including phenoxy) is 1. The van der Waals surface area contributed by atoms with Crippen LogP contribution in [0.5, 0.6) is 0 Å². The Morgan fingerprint density at radius 2 is 2.22 bits per heavy atom. The summed E-state index contributed by atoms with van der Waals surface area (Å²) in [5, 5.41) is 3.10. The average Bonchev–Trinajstić information content (AvgIpc) is 3.09. The highest BCUT2D eigenvalue weighted by molar-refractivity contribution is 5.82. The molecule has 4 heteroatoms. The van der Waals surface area contributed by atoms with E-state index in [1.807, 2.05) is 0 Å². The number of carbonyl (C=O) groups excluding carboxylic acids is 1. The summed E-state index contributed by atoms with van der Waals surface area (Å²) in [7, 11) is 0. The standard InChI is InChI=1S/C19H28N2O2/c1-2-5-17-9-8-16-6-3-4-7-18(16)21(17)13-19(22)20-12-15-10-11-23-14-15/h3-4,6-7,15,17H,2,5,8-14H2,1H3,(H,20,22)/t15-,17-/m0/s1. The number of nitrogens with zero attached hydrogens (tertiary/aromatic N) is 1. The molecule has 3 rings (SSSR count). The fraction of sp³-hybridized carbons (Fsp3) is 0.632. The van der Waals surface area contributed by atoms with E-state index in [1.165, 1.54) is 11.3 Å². The Morgan fingerprint density at radius 1 is 1.35 bits per heavy atom. The highest BCUT2D eigenvalue weighted by Gasteiger charge is 2.27. The molecule has 0 aromatic heterocycles. The number of fused-ring (bicyclic) bond motifs is 1. The number of amides is 1. The Kier molecular flexibility index (Phi) is 5.55. The molecule has 1 fully saturated rings. The minimum Gasteiger partial charge on any atom is -0.381 e. The molecule has 0 bridgehead atoms. The number of anilines is 1. The van der Waals surface area contributed by atoms with Crippen molar-refractivity contribution >= 4 is 11.6 Å². The normalized spacial score (nSPS) is 23.6. The lowest BCUT2D eigenvalue weighted by Crippen LogP contribution is -2.46. The minimum absolute atomic E-state index is 0.134. The van der Waals surface area contributed by atoms with Gasteiger partial charge in [-0.2, -0.15) is 0 Å². The monoisotopic (exact) mass is 316 g/mol. The molecule has 126 valence electrons. The lowest BCUT2D eigenvalue weighted by Gasteiger charge is -2.38. The van der Waals surface area contributed by atoms with Crippen molar-refractivity contribution in [2.45, 2.75) is 45.1 Å². The quantitative estimate of drug-likeness (QED) is 0.877. The molecule has 23 heavy (non-hydrogen) atoms. The molecular weight excluding hydrogens is 288 g/mol. The second-order valence-electron chi connectivity index (χ2n) is 6.77. The van der Waals surface area contributed by atoms with E-state index in [0.717, 1.165) is 51.9 Å². The van der Waals surface area contributed by atoms with E-state index in [4.69, 9.17) is 4.74 Å². The molecule has 1 saturated heterocycles. The molecular formula is C19H28N2O2. The summed E-state index contributed by atoms with van der Waals surface area (Å²) >= 11 is 0. The maximum atomic E-state index is 12.4. The highest BCUT2D eigenvalue weighted by atomic mass is 16.5. The molecule has 1 aromatic rings. The van der Waals surface area contributed by atoms with Gasteiger partial charge in [-0.05, 0) is 37.3 Å². The summed E-state index contributed by atoms with van der Waals surface area (Å²) in [6.45, 7) is 5.05. The van der Waals surface area contributed by atoms with Crippen LogP contribution in [0.25, 0.3) is 0 Å². The molecule has 2 aliphatic heterocycles. The lowest BCUT2D eigenvalue weighted by molar-refractivity contribution is -0.120. The van der Waals surface area contributed by atoms with E-state index in [-0.39, 0.29) is 5.91 Å². The molecule has 4 nitrogen and oxygen atoms in total. The third-order valence-corrected chi connectivity index (χ3v) is 5.04. The Hall–Kier alpha value is -1.55. The van der Waals surface area contributed by atoms with Gasteiger partial charge in [0.1, 0.15) is 0 Å². The zero-order valence-corrected chi connectivity index (χ0v) is 14.1. The van der Waals surface area contributed by atoms with Crippen LogP contribution in [0.4, 0.5) is 5.69 Å². The molecule has 1 aromatic carbocycles. The summed E-state index contributed by atoms with van der Waals surface area (Å²) in [5.74, 6) is 0.619. The number of benzene rings is 1. The van der Waals surface area contributed by atoms with Crippen LogP contribution in [-0.2, 0) is 16.0 Å². The summed E-state index contributed by atoms with van der Waals surface area (Å²) in [5.41, 5.74) is 2.62. The first kappa shape index (κ1) is 16.3. The van der Waals surface area contributed by atoms with Gasteiger partial charge in [0.15, 0.2) is 0 Å². The van der Waals surface area contributed by atoms with E-state index in [9.17, 15) is 4.79 Å². The van der Waals surface area contributed by atoms with Crippen LogP contribution in [0.1, 0.15) is 38.2 Å². The summed E-state index contributed by atoms with van der Waals surface area (Å²) in [6, 6.07) is 9.01. The first-order chi connectivity index (χ1) is 11.3. The van der Waals surface area contributed by atoms with Crippen LogP contribution in [-0.4, -0.2) is 38.3 Å². The van der Waals surface area contributed by atoms with Gasteiger partial charge in [0.2, 0.25) is 5.91 Å². The third-order valence-electron chi connectivity index (χ3n) is 5.04. The van der Waals surface area contributed by atoms with Crippen molar-refractivity contribution < 1.29 is 9.53 Å². The van der Waals surface area contributed by atoms with Crippen molar-refractivity contribution in [2.24, 2.45) is 5.92 Å². The van der Waals surface area contributed by atoms with Crippen molar-refractivity contribution in [3.05, 3.63) is 29.8 Å². The molecule has 0 saturated carbocycles. The van der Waals surface area contributed by atoms with Crippen molar-refractivity contribution in [3.63, 3.8) is 0 Å². The smallest absolute Gasteiger partial charge is 0.239 e. The minimum atomic E-state index is 0.134. The Balaban J connectivity index is 1.63. The zero-order valence-electron chi connectivity index (χ0n) is 14.1. The van der Waals surface area contributed by atoms with E-state index < -0.39 is 0 Å². The van der Waals surface area contributed by atoms with Crippen molar-refractivity contribution in [1.82, 2.24) is 5.32 Å². The molecule has 1 N–H and O–H groups in total. The predicted molar refractivity (Wildman–Crippen MR) is 92.7 cm³/mol. The number of rotatable bonds is 6. The van der Waals surface area contributed by atoms with Gasteiger partial charge in [-0.15, -0.1) is 0 Å². The van der Waals surface area contributed by atoms with E-state index in [0.29, 0.717) is 18.5 Å². The van der Waals surface area contributed by atoms with Gasteiger partial charge in [-0.25, -0.2) is 0 Å². The molecule has 1 amide bonds. The summed E-state index contributed by atoms with van der Waals surface area (Å²) < 4.78 is 5.37. The first-order valence-corrected chi connectivity index (χ1v) is 8.97. The van der Waals surface area contributed by atoms with Gasteiger partial charge in [0, 0.05) is 30.8 Å². The van der Waals surface area contributed by atoms with Gasteiger partial charge < -0.3 is 15.0 Å². The van der Waals surface area contributed by atoms with E-state index >= 15 is 0 Å². The Morgan fingerprint density at radius 3 is 3.00 bits per heavy atom. The maximum Gasteiger partial charge on any atom is 0.239 e. The summed E-state index contributed by atoms with van der Waals surface area (Å²) in [4.78, 5) is 14.8. The molecule has 0 radical (unpaired) electrons. The summed E-state index contributed by atoms with van der Waals surface area (Å²) in [6.07, 6.45) is 5.64. The van der Waals surface area contributed by atoms with Gasteiger partial charge >= 0.3 is 0 Å². The molecule has 0 unspecified atom stereocenters. The number of carbonyl (C=O) groups is 1. The Bertz CT molecular complexity index is 526. The number of nitrogens with one attached hydrogen (secondary N) is 1. The van der Waals surface area contributed by atoms with E-state index in [1.54, 1.807) is 0 Å². The van der Waals surface area contributed by atoms with Gasteiger partial charge in [0.05, 0.1) is 13.2 Å². The van der Waals surface area contributed by atoms with Crippen molar-refractivity contribution in [1.29, 1.82) is 0 Å². The molecule has 0 spiro atoms. The average molecular weight is 316 g/mol. The van der Waals surface area contributed by atoms with Crippen LogP contribution < -0.4 is 10.2 Å². The first-order valence-electron chi connectivity index (χ1n) is 8.97. The largest absolute Gasteiger partial charge is 0.381 e. The maximum absolute atomic E-state index is 12.4. The lowest BCUT2D eigenvalue weighted by atomic mass is 9.93. The second kappa shape index (κ2) is 7.82. The molecule has 2 aliphatic rings. The van der Waals surface area contributed by atoms with Crippen LogP contribution in [0.3, 0.4) is 0 Å². The predicted octanol–water partition coefficient (Wildman–Crippen LogP) is 2.76. The van der Waals surface area contributed by atoms with Crippen LogP contribution >= 0.6 is 0 Å². The van der Waals surface area contributed by atoms with Crippen LogP contribution in [0.2, 0.25) is 0 Å². The van der Waals surface area contributed by atoms with Crippen molar-refractivity contribution in [3.8, 4) is 0 Å². The fourth-order valence-electron chi connectivity index (χ4n) is 3.74. The van der Waals surface area contributed by atoms with Gasteiger partial charge in [-0.3, -0.25) is 4.79 Å². The van der Waals surface area contributed by atoms with Gasteiger partial charge in [-0.1, -0.05) is 31.5 Å². The van der Waals surface area contributed by atoms with Crippen LogP contribution in [0.15, 0.2) is 24.3 Å². The number of hydrogen-bond donors (Lipinski definition) is 1. The van der Waals surface area contributed by atoms with Crippen molar-refractivity contribution in [2.75, 3.05) is 31.2 Å². The highest BCUT2D eigenvalue weighted by Crippen LogP contribution is 2.32. The number of para-hydroxylation sites is 1. The molecule has 2 atom stereocenters. The number of aryl methyl sites for hydroxylation is 1. The topological polar surface area (TPSA) is 41.6 Å². The Labute approximate surface area is 139 Å². The molecule has 2 heterocycles. The van der Waals surface area contributed by atoms with Gasteiger partial charge in [0.25, 0.3) is 0 Å². The third kappa shape index (κ3) is 4.05. The zero-order chi connectivity index (χ0) is 16.1. The SMILES string of the molecule is CCC[C@H]1CCc2ccccc2N1CC(=O)NC[C@@H]1CCOC1. The van der Waals surface area contributed by atoms with E-state index in [2.05, 4.69) is 41.4 Å². The fourth-order valence-corrected chi connectivity index (χ4v) is 3.74. The second-order valence-corrected chi connectivity index (χ2v) is 6.77. The number of hydrogen-bond acceptors (Lipinski definition) is 3. The molecule has 0 aliphatic carbocycles. The van der Waals surface area contributed by atoms with Crippen LogP contribution in [0, 0.1) is 5.92 Å².